The van der Waals surface area contributed by atoms with E-state index < -0.39 is 5.82 Å². The molecule has 0 aliphatic carbocycles. The molecule has 2 rings (SSSR count). The molecule has 13 heavy (non-hydrogen) atoms. The fourth-order valence-corrected chi connectivity index (χ4v) is 1.26. The standard InChI is InChI=1S/C8H8FN3O/c1-13-5-3-2-4(9)6-7(5)11-12-8(6)10/h2-3H,1H3,(H3,10,11,12). The number of rotatable bonds is 1. The van der Waals surface area contributed by atoms with Gasteiger partial charge < -0.3 is 10.5 Å². The zero-order valence-corrected chi connectivity index (χ0v) is 6.97. The van der Waals surface area contributed by atoms with Gasteiger partial charge in [-0.2, -0.15) is 5.10 Å². The molecule has 1 heterocycles. The van der Waals surface area contributed by atoms with Crippen LogP contribution < -0.4 is 10.5 Å². The second kappa shape index (κ2) is 2.62. The summed E-state index contributed by atoms with van der Waals surface area (Å²) in [6.45, 7) is 0. The minimum atomic E-state index is -0.401. The summed E-state index contributed by atoms with van der Waals surface area (Å²) in [4.78, 5) is 0. The first-order chi connectivity index (χ1) is 6.24. The van der Waals surface area contributed by atoms with Gasteiger partial charge in [-0.3, -0.25) is 5.10 Å². The number of anilines is 1. The second-order valence-electron chi connectivity index (χ2n) is 2.61. The van der Waals surface area contributed by atoms with E-state index in [2.05, 4.69) is 10.2 Å². The van der Waals surface area contributed by atoms with Crippen LogP contribution in [0.4, 0.5) is 10.2 Å². The lowest BCUT2D eigenvalue weighted by Gasteiger charge is -2.00. The van der Waals surface area contributed by atoms with Crippen LogP contribution in [0.15, 0.2) is 12.1 Å². The second-order valence-corrected chi connectivity index (χ2v) is 2.61. The van der Waals surface area contributed by atoms with Crippen molar-refractivity contribution >= 4 is 16.7 Å². The SMILES string of the molecule is COc1ccc(F)c2c(N)n[nH]c12. The normalized spacial score (nSPS) is 10.6. The number of benzene rings is 1. The number of ether oxygens (including phenoxy) is 1. The monoisotopic (exact) mass is 181 g/mol. The Morgan fingerprint density at radius 1 is 1.54 bits per heavy atom. The molecule has 0 aliphatic heterocycles. The lowest BCUT2D eigenvalue weighted by molar-refractivity contribution is 0.418. The summed E-state index contributed by atoms with van der Waals surface area (Å²) in [5, 5.41) is 6.58. The fourth-order valence-electron chi connectivity index (χ4n) is 1.26. The Hall–Kier alpha value is -1.78. The fraction of sp³-hybridized carbons (Fsp3) is 0.125. The minimum Gasteiger partial charge on any atom is -0.494 e. The number of fused-ring (bicyclic) bond motifs is 1. The van der Waals surface area contributed by atoms with Gasteiger partial charge in [0, 0.05) is 0 Å². The number of hydrogen-bond acceptors (Lipinski definition) is 3. The Kier molecular flexibility index (Phi) is 1.58. The predicted molar refractivity (Wildman–Crippen MR) is 47.0 cm³/mol. The van der Waals surface area contributed by atoms with E-state index in [1.54, 1.807) is 0 Å². The van der Waals surface area contributed by atoms with Crippen molar-refractivity contribution in [3.05, 3.63) is 17.9 Å². The van der Waals surface area contributed by atoms with Crippen LogP contribution in [0, 0.1) is 5.82 Å². The molecule has 0 atom stereocenters. The highest BCUT2D eigenvalue weighted by atomic mass is 19.1. The van der Waals surface area contributed by atoms with Crippen LogP contribution >= 0.6 is 0 Å². The van der Waals surface area contributed by atoms with Crippen molar-refractivity contribution in [3.63, 3.8) is 0 Å². The zero-order chi connectivity index (χ0) is 9.42. The summed E-state index contributed by atoms with van der Waals surface area (Å²) < 4.78 is 18.2. The van der Waals surface area contributed by atoms with Crippen molar-refractivity contribution in [3.8, 4) is 5.75 Å². The van der Waals surface area contributed by atoms with Gasteiger partial charge in [0.2, 0.25) is 0 Å². The van der Waals surface area contributed by atoms with Gasteiger partial charge in [-0.1, -0.05) is 0 Å². The Balaban J connectivity index is 2.87. The van der Waals surface area contributed by atoms with E-state index in [0.29, 0.717) is 11.3 Å². The van der Waals surface area contributed by atoms with Crippen LogP contribution in [-0.4, -0.2) is 17.3 Å². The van der Waals surface area contributed by atoms with Gasteiger partial charge in [-0.15, -0.1) is 0 Å². The number of halogens is 1. The maximum absolute atomic E-state index is 13.2. The third-order valence-corrected chi connectivity index (χ3v) is 1.88. The Morgan fingerprint density at radius 3 is 3.00 bits per heavy atom. The van der Waals surface area contributed by atoms with Crippen LogP contribution in [-0.2, 0) is 0 Å². The Labute approximate surface area is 73.5 Å². The van der Waals surface area contributed by atoms with Crippen LogP contribution in [0.2, 0.25) is 0 Å². The molecule has 4 nitrogen and oxygen atoms in total. The molecule has 0 bridgehead atoms. The average Bonchev–Trinajstić information content (AvgIpc) is 2.50. The quantitative estimate of drug-likeness (QED) is 0.696. The Morgan fingerprint density at radius 2 is 2.31 bits per heavy atom. The van der Waals surface area contributed by atoms with Gasteiger partial charge in [-0.25, -0.2) is 4.39 Å². The van der Waals surface area contributed by atoms with Gasteiger partial charge in [0.1, 0.15) is 17.1 Å². The van der Waals surface area contributed by atoms with E-state index in [-0.39, 0.29) is 11.2 Å². The highest BCUT2D eigenvalue weighted by Crippen LogP contribution is 2.28. The molecule has 0 spiro atoms. The Bertz CT molecular complexity index is 452. The van der Waals surface area contributed by atoms with Gasteiger partial charge in [0.05, 0.1) is 12.5 Å². The third kappa shape index (κ3) is 1.00. The number of nitrogens with one attached hydrogen (secondary N) is 1. The van der Waals surface area contributed by atoms with E-state index in [1.165, 1.54) is 19.2 Å². The molecule has 0 amide bonds. The number of aromatic nitrogens is 2. The topological polar surface area (TPSA) is 63.9 Å². The van der Waals surface area contributed by atoms with Crippen LogP contribution in [0.5, 0.6) is 5.75 Å². The molecule has 0 radical (unpaired) electrons. The summed E-state index contributed by atoms with van der Waals surface area (Å²) in [5.74, 6) is 0.272. The van der Waals surface area contributed by atoms with E-state index in [1.807, 2.05) is 0 Å². The molecule has 3 N–H and O–H groups in total. The van der Waals surface area contributed by atoms with E-state index in [4.69, 9.17) is 10.5 Å². The molecule has 0 saturated heterocycles. The summed E-state index contributed by atoms with van der Waals surface area (Å²) in [7, 11) is 1.50. The lowest BCUT2D eigenvalue weighted by Crippen LogP contribution is -1.88. The first-order valence-corrected chi connectivity index (χ1v) is 3.70. The smallest absolute Gasteiger partial charge is 0.156 e. The molecule has 0 unspecified atom stereocenters. The highest BCUT2D eigenvalue weighted by Gasteiger charge is 2.11. The van der Waals surface area contributed by atoms with Crippen molar-refractivity contribution < 1.29 is 9.13 Å². The maximum Gasteiger partial charge on any atom is 0.156 e. The van der Waals surface area contributed by atoms with E-state index >= 15 is 0 Å². The highest BCUT2D eigenvalue weighted by molar-refractivity contribution is 5.93. The van der Waals surface area contributed by atoms with Crippen molar-refractivity contribution in [2.24, 2.45) is 0 Å². The number of aromatic amines is 1. The number of H-pyrrole nitrogens is 1. The zero-order valence-electron chi connectivity index (χ0n) is 6.97. The van der Waals surface area contributed by atoms with Crippen molar-refractivity contribution in [1.29, 1.82) is 0 Å². The first kappa shape index (κ1) is 7.85. The molecule has 2 aromatic rings. The molecular weight excluding hydrogens is 173 g/mol. The average molecular weight is 181 g/mol. The van der Waals surface area contributed by atoms with Crippen molar-refractivity contribution in [1.82, 2.24) is 10.2 Å². The van der Waals surface area contributed by atoms with Crippen LogP contribution in [0.3, 0.4) is 0 Å². The molecular formula is C8H8FN3O. The van der Waals surface area contributed by atoms with Crippen LogP contribution in [0.25, 0.3) is 10.9 Å². The number of nitrogens with two attached hydrogens (primary N) is 1. The molecule has 0 fully saturated rings. The van der Waals surface area contributed by atoms with Gasteiger partial charge >= 0.3 is 0 Å². The van der Waals surface area contributed by atoms with Gasteiger partial charge in [-0.05, 0) is 12.1 Å². The molecule has 68 valence electrons. The summed E-state index contributed by atoms with van der Waals surface area (Å²) in [6.07, 6.45) is 0. The summed E-state index contributed by atoms with van der Waals surface area (Å²) in [6, 6.07) is 2.82. The van der Waals surface area contributed by atoms with Crippen molar-refractivity contribution in [2.45, 2.75) is 0 Å². The van der Waals surface area contributed by atoms with Gasteiger partial charge in [0.25, 0.3) is 0 Å². The minimum absolute atomic E-state index is 0.145. The molecule has 1 aromatic carbocycles. The molecule has 1 aromatic heterocycles. The lowest BCUT2D eigenvalue weighted by atomic mass is 10.2. The summed E-state index contributed by atoms with van der Waals surface area (Å²) in [5.41, 5.74) is 5.95. The summed E-state index contributed by atoms with van der Waals surface area (Å²) >= 11 is 0. The molecule has 5 heteroatoms. The predicted octanol–water partition coefficient (Wildman–Crippen LogP) is 1.29. The first-order valence-electron chi connectivity index (χ1n) is 3.70. The molecule has 0 aliphatic rings. The largest absolute Gasteiger partial charge is 0.494 e. The number of nitrogens with zero attached hydrogens (tertiary/aromatic N) is 1. The number of nitrogen functional groups attached to an aromatic ring is 1. The number of methoxy groups -OCH3 is 1. The van der Waals surface area contributed by atoms with E-state index in [9.17, 15) is 4.39 Å². The van der Waals surface area contributed by atoms with E-state index in [0.717, 1.165) is 0 Å². The number of hydrogen-bond donors (Lipinski definition) is 2. The third-order valence-electron chi connectivity index (χ3n) is 1.88. The van der Waals surface area contributed by atoms with Gasteiger partial charge in [0.15, 0.2) is 5.82 Å². The molecule has 0 saturated carbocycles. The van der Waals surface area contributed by atoms with Crippen LogP contribution in [0.1, 0.15) is 0 Å². The maximum atomic E-state index is 13.2. The van der Waals surface area contributed by atoms with Crippen molar-refractivity contribution in [2.75, 3.05) is 12.8 Å².